The number of unbranched alkanes of at least 4 members (excludes halogenated alkanes) is 1. The van der Waals surface area contributed by atoms with Gasteiger partial charge in [0.15, 0.2) is 0 Å². The smallest absolute Gasteiger partial charge is 0.417 e. The molecular weight excluding hydrogens is 524 g/mol. The van der Waals surface area contributed by atoms with Crippen molar-refractivity contribution in [1.82, 2.24) is 4.31 Å². The van der Waals surface area contributed by atoms with E-state index in [2.05, 4.69) is 0 Å². The molecule has 204 valence electrons. The number of aromatic carboxylic acids is 1. The summed E-state index contributed by atoms with van der Waals surface area (Å²) >= 11 is 0. The van der Waals surface area contributed by atoms with E-state index in [4.69, 9.17) is 0 Å². The maximum atomic E-state index is 14.4. The van der Waals surface area contributed by atoms with E-state index in [0.717, 1.165) is 43.2 Å². The lowest BCUT2D eigenvalue weighted by molar-refractivity contribution is -0.137. The summed E-state index contributed by atoms with van der Waals surface area (Å²) in [5, 5.41) is 9.32. The van der Waals surface area contributed by atoms with Gasteiger partial charge in [0.05, 0.1) is 21.7 Å². The molecule has 0 bridgehead atoms. The zero-order valence-electron chi connectivity index (χ0n) is 20.7. The second-order valence-electron chi connectivity index (χ2n) is 9.17. The van der Waals surface area contributed by atoms with Gasteiger partial charge in [-0.25, -0.2) is 13.5 Å². The number of anilines is 2. The van der Waals surface area contributed by atoms with Gasteiger partial charge in [-0.2, -0.15) is 13.2 Å². The number of carboxylic acids is 1. The minimum Gasteiger partial charge on any atom is -0.478 e. The van der Waals surface area contributed by atoms with Crippen LogP contribution in [0.3, 0.4) is 0 Å². The molecule has 1 atom stereocenters. The van der Waals surface area contributed by atoms with Crippen LogP contribution in [0, 0.1) is 5.82 Å². The van der Waals surface area contributed by atoms with Crippen molar-refractivity contribution in [2.24, 2.45) is 0 Å². The number of hydrogen-bond acceptors (Lipinski definition) is 5. The summed E-state index contributed by atoms with van der Waals surface area (Å²) in [4.78, 5) is 13.0. The predicted molar refractivity (Wildman–Crippen MR) is 139 cm³/mol. The summed E-state index contributed by atoms with van der Waals surface area (Å²) in [6, 6.07) is 12.9. The number of alkyl halides is 3. The summed E-state index contributed by atoms with van der Waals surface area (Å²) in [6.45, 7) is 2.20. The third-order valence-corrected chi connectivity index (χ3v) is 8.78. The Morgan fingerprint density at radius 2 is 1.76 bits per heavy atom. The molecule has 0 spiro atoms. The van der Waals surface area contributed by atoms with Gasteiger partial charge in [0, 0.05) is 25.3 Å². The first-order valence-electron chi connectivity index (χ1n) is 12.0. The van der Waals surface area contributed by atoms with Crippen LogP contribution in [0.2, 0.25) is 0 Å². The van der Waals surface area contributed by atoms with Gasteiger partial charge in [0.2, 0.25) is 0 Å². The van der Waals surface area contributed by atoms with Gasteiger partial charge < -0.3 is 10.0 Å². The lowest BCUT2D eigenvalue weighted by atomic mass is 9.96. The van der Waals surface area contributed by atoms with E-state index in [1.807, 2.05) is 6.92 Å². The van der Waals surface area contributed by atoms with Crippen molar-refractivity contribution in [1.29, 1.82) is 0 Å². The summed E-state index contributed by atoms with van der Waals surface area (Å²) in [6.07, 6.45) is -2.68. The van der Waals surface area contributed by atoms with E-state index in [9.17, 15) is 36.6 Å². The molecule has 0 aromatic heterocycles. The minimum atomic E-state index is -4.88. The zero-order chi connectivity index (χ0) is 27.8. The highest BCUT2D eigenvalue weighted by molar-refractivity contribution is 8.22. The summed E-state index contributed by atoms with van der Waals surface area (Å²) < 4.78 is 81.7. The Morgan fingerprint density at radius 3 is 2.37 bits per heavy atom. The minimum absolute atomic E-state index is 0.0151. The van der Waals surface area contributed by atoms with Gasteiger partial charge >= 0.3 is 12.1 Å². The van der Waals surface area contributed by atoms with Crippen LogP contribution in [-0.2, 0) is 6.18 Å². The highest BCUT2D eigenvalue weighted by atomic mass is 32.3. The maximum absolute atomic E-state index is 14.4. The van der Waals surface area contributed by atoms with Crippen LogP contribution in [0.5, 0.6) is 0 Å². The summed E-state index contributed by atoms with van der Waals surface area (Å²) in [5.41, 5.74) is -2.03. The fourth-order valence-electron chi connectivity index (χ4n) is 4.68. The number of carboxylic acid groups (broad SMARTS) is 1. The number of rotatable bonds is 6. The summed E-state index contributed by atoms with van der Waals surface area (Å²) in [5.74, 6) is -2.73. The quantitative estimate of drug-likeness (QED) is 0.270. The highest BCUT2D eigenvalue weighted by Gasteiger charge is 2.41. The van der Waals surface area contributed by atoms with Crippen LogP contribution in [-0.4, -0.2) is 44.1 Å². The van der Waals surface area contributed by atoms with Crippen LogP contribution in [0.1, 0.15) is 42.1 Å². The molecule has 0 saturated carbocycles. The Balaban J connectivity index is 2.03. The Hall–Kier alpha value is -3.12. The van der Waals surface area contributed by atoms with E-state index in [0.29, 0.717) is 12.1 Å². The van der Waals surface area contributed by atoms with Crippen LogP contribution < -0.4 is 4.90 Å². The second kappa shape index (κ2) is 10.6. The van der Waals surface area contributed by atoms with Crippen LogP contribution >= 0.6 is 10.8 Å². The van der Waals surface area contributed by atoms with E-state index in [1.54, 1.807) is 35.2 Å². The van der Waals surface area contributed by atoms with Crippen LogP contribution in [0.4, 0.5) is 28.9 Å². The Bertz CT molecular complexity index is 1330. The van der Waals surface area contributed by atoms with Gasteiger partial charge in [-0.3, -0.25) is 9.11 Å². The Morgan fingerprint density at radius 1 is 1.08 bits per heavy atom. The van der Waals surface area contributed by atoms with Crippen molar-refractivity contribution < 1.29 is 36.6 Å². The molecule has 0 saturated heterocycles. The molecule has 0 amide bonds. The fourth-order valence-corrected chi connectivity index (χ4v) is 6.30. The van der Waals surface area contributed by atoms with Crippen LogP contribution in [0.25, 0.3) is 11.1 Å². The Kier molecular flexibility index (Phi) is 7.76. The second-order valence-corrected chi connectivity index (χ2v) is 11.2. The molecule has 11 heteroatoms. The van der Waals surface area contributed by atoms with Gasteiger partial charge in [0.1, 0.15) is 5.82 Å². The van der Waals surface area contributed by atoms with Crippen molar-refractivity contribution in [3.05, 3.63) is 77.6 Å². The molecular formula is C27H28F4N2O4S. The molecule has 0 radical (unpaired) electrons. The monoisotopic (exact) mass is 552 g/mol. The number of likely N-dealkylation sites (N-methyl/N-ethyl adjacent to an activating group) is 1. The SMILES string of the molecule is CCCCC1CN(c2ccccc2)c2cc(C(F)(F)F)c(-c3ccc(F)c(C(=O)O)c3)cc2S(O)(O)N1C. The lowest BCUT2D eigenvalue weighted by Crippen LogP contribution is -2.39. The number of fused-ring (bicyclic) bond motifs is 1. The van der Waals surface area contributed by atoms with Crippen LogP contribution in [0.15, 0.2) is 65.6 Å². The molecule has 1 unspecified atom stereocenters. The first-order chi connectivity index (χ1) is 17.9. The third kappa shape index (κ3) is 5.24. The number of hydrogen-bond donors (Lipinski definition) is 3. The van der Waals surface area contributed by atoms with E-state index in [1.165, 1.54) is 11.4 Å². The number of halogens is 4. The zero-order valence-corrected chi connectivity index (χ0v) is 21.6. The maximum Gasteiger partial charge on any atom is 0.417 e. The molecule has 1 aliphatic rings. The molecule has 4 rings (SSSR count). The average Bonchev–Trinajstić information content (AvgIpc) is 2.95. The van der Waals surface area contributed by atoms with Crippen molar-refractivity contribution in [3.63, 3.8) is 0 Å². The highest BCUT2D eigenvalue weighted by Crippen LogP contribution is 2.60. The predicted octanol–water partition coefficient (Wildman–Crippen LogP) is 7.88. The molecule has 6 nitrogen and oxygen atoms in total. The van der Waals surface area contributed by atoms with E-state index >= 15 is 0 Å². The van der Waals surface area contributed by atoms with Gasteiger partial charge in [0.25, 0.3) is 0 Å². The molecule has 3 aromatic carbocycles. The van der Waals surface area contributed by atoms with Crippen molar-refractivity contribution in [3.8, 4) is 11.1 Å². The largest absolute Gasteiger partial charge is 0.478 e. The topological polar surface area (TPSA) is 84.2 Å². The number of nitrogens with zero attached hydrogens (tertiary/aromatic N) is 2. The van der Waals surface area contributed by atoms with E-state index in [-0.39, 0.29) is 22.7 Å². The molecule has 1 aliphatic heterocycles. The third-order valence-electron chi connectivity index (χ3n) is 6.77. The summed E-state index contributed by atoms with van der Waals surface area (Å²) in [7, 11) is -2.24. The molecule has 0 fully saturated rings. The van der Waals surface area contributed by atoms with Gasteiger partial charge in [-0.15, -0.1) is 10.8 Å². The normalized spacial score (nSPS) is 18.5. The first-order valence-corrected chi connectivity index (χ1v) is 13.5. The number of carbonyl (C=O) groups is 1. The number of benzene rings is 3. The van der Waals surface area contributed by atoms with Crippen molar-refractivity contribution in [2.45, 2.75) is 43.3 Å². The molecule has 3 aromatic rings. The molecule has 3 N–H and O–H groups in total. The number of para-hydroxylation sites is 1. The first kappa shape index (κ1) is 27.9. The Labute approximate surface area is 219 Å². The molecule has 1 heterocycles. The average molecular weight is 553 g/mol. The standard InChI is InChI=1S/C27H28F4N2O4S/c1-3-4-8-19-16-33(18-9-6-5-7-10-18)24-15-22(27(29,30)31)20(14-25(24)38(36,37)32(19)2)17-11-12-23(28)21(13-17)26(34)35/h5-7,9-15,19,36-37H,3-4,8,16H2,1-2H3,(H,34,35). The molecule has 38 heavy (non-hydrogen) atoms. The molecule has 0 aliphatic carbocycles. The lowest BCUT2D eigenvalue weighted by Gasteiger charge is -2.43. The van der Waals surface area contributed by atoms with Crippen molar-refractivity contribution >= 4 is 28.1 Å². The van der Waals surface area contributed by atoms with E-state index < -0.39 is 51.5 Å². The fraction of sp³-hybridized carbons (Fsp3) is 0.296. The van der Waals surface area contributed by atoms with Gasteiger partial charge in [-0.05, 0) is 53.9 Å². The van der Waals surface area contributed by atoms with Crippen molar-refractivity contribution in [2.75, 3.05) is 18.5 Å². The van der Waals surface area contributed by atoms with Gasteiger partial charge in [-0.1, -0.05) is 44.0 Å².